The molecule has 2 rings (SSSR count). The molecule has 0 bridgehead atoms. The molecule has 0 aliphatic carbocycles. The third-order valence-corrected chi connectivity index (χ3v) is 4.14. The Morgan fingerprint density at radius 2 is 1.65 bits per heavy atom. The van der Waals surface area contributed by atoms with Crippen LogP contribution < -0.4 is 15.6 Å². The fourth-order valence-electron chi connectivity index (χ4n) is 1.65. The van der Waals surface area contributed by atoms with Gasteiger partial charge in [0.05, 0.1) is 4.90 Å². The number of benzene rings is 1. The number of carbonyl (C=O) groups is 2. The highest BCUT2D eigenvalue weighted by Crippen LogP contribution is 2.19. The lowest BCUT2D eigenvalue weighted by atomic mass is 10.3. The average Bonchev–Trinajstić information content (AvgIpc) is 2.60. The molecule has 0 aliphatic rings. The predicted molar refractivity (Wildman–Crippen MR) is 83.2 cm³/mol. The molecule has 2 aromatic rings. The van der Waals surface area contributed by atoms with Crippen LogP contribution in [0.1, 0.15) is 10.5 Å². The van der Waals surface area contributed by atoms with Crippen LogP contribution in [0, 0.1) is 0 Å². The maximum Gasteiger partial charge on any atom is 0.471 e. The highest BCUT2D eigenvalue weighted by molar-refractivity contribution is 7.89. The molecule has 0 unspecified atom stereocenters. The van der Waals surface area contributed by atoms with Gasteiger partial charge in [0, 0.05) is 11.9 Å². The van der Waals surface area contributed by atoms with E-state index in [0.29, 0.717) is 0 Å². The number of carbonyl (C=O) groups excluding carboxylic acids is 2. The van der Waals surface area contributed by atoms with Crippen molar-refractivity contribution in [2.75, 3.05) is 5.32 Å². The molecule has 1 heterocycles. The van der Waals surface area contributed by atoms with E-state index < -0.39 is 28.0 Å². The molecule has 138 valence electrons. The van der Waals surface area contributed by atoms with E-state index in [-0.39, 0.29) is 16.3 Å². The van der Waals surface area contributed by atoms with Gasteiger partial charge in [0.15, 0.2) is 0 Å². The molecule has 12 heteroatoms. The first-order valence-corrected chi connectivity index (χ1v) is 8.29. The largest absolute Gasteiger partial charge is 0.471 e. The van der Waals surface area contributed by atoms with Gasteiger partial charge in [0.1, 0.15) is 5.69 Å². The number of amides is 2. The second-order valence-electron chi connectivity index (χ2n) is 4.75. The Morgan fingerprint density at radius 3 is 2.19 bits per heavy atom. The number of anilines is 1. The number of hydrogen-bond acceptors (Lipinski definition) is 5. The summed E-state index contributed by atoms with van der Waals surface area (Å²) in [4.78, 5) is 27.8. The summed E-state index contributed by atoms with van der Waals surface area (Å²) in [6.45, 7) is 0. The van der Waals surface area contributed by atoms with E-state index in [1.54, 1.807) is 11.4 Å². The molecular weight excluding hydrogens is 377 g/mol. The summed E-state index contributed by atoms with van der Waals surface area (Å²) >= 11 is 0. The summed E-state index contributed by atoms with van der Waals surface area (Å²) in [5, 5.41) is 1.58. The standard InChI is InChI=1S/C14H11F3N4O4S/c15-14(16,17)13(23)19-9-4-6-10(7-5-9)26(24,25)21-20-12(22)11-3-1-2-8-18-11/h1-8,21H,(H,19,23)(H,20,22). The molecular formula is C14H11F3N4O4S. The lowest BCUT2D eigenvalue weighted by Gasteiger charge is -2.10. The van der Waals surface area contributed by atoms with Gasteiger partial charge in [-0.3, -0.25) is 20.0 Å². The zero-order valence-corrected chi connectivity index (χ0v) is 13.6. The van der Waals surface area contributed by atoms with E-state index >= 15 is 0 Å². The molecule has 0 radical (unpaired) electrons. The Labute approximate surface area is 145 Å². The molecule has 26 heavy (non-hydrogen) atoms. The Morgan fingerprint density at radius 1 is 1.00 bits per heavy atom. The molecule has 0 saturated heterocycles. The third-order valence-electron chi connectivity index (χ3n) is 2.88. The molecule has 1 aromatic heterocycles. The Hall–Kier alpha value is -2.99. The summed E-state index contributed by atoms with van der Waals surface area (Å²) in [5.74, 6) is -2.99. The van der Waals surface area contributed by atoms with Gasteiger partial charge in [-0.2, -0.15) is 13.2 Å². The second-order valence-corrected chi connectivity index (χ2v) is 6.43. The van der Waals surface area contributed by atoms with Crippen LogP contribution in [0.15, 0.2) is 53.6 Å². The summed E-state index contributed by atoms with van der Waals surface area (Å²) in [6.07, 6.45) is -3.72. The third kappa shape index (κ3) is 5.00. The van der Waals surface area contributed by atoms with Crippen LogP contribution >= 0.6 is 0 Å². The minimum Gasteiger partial charge on any atom is -0.318 e. The minimum absolute atomic E-state index is 0.0274. The van der Waals surface area contributed by atoms with Crippen LogP contribution in [0.25, 0.3) is 0 Å². The summed E-state index contributed by atoms with van der Waals surface area (Å²) in [5.41, 5.74) is 1.67. The number of halogens is 3. The molecule has 0 fully saturated rings. The number of alkyl halides is 3. The van der Waals surface area contributed by atoms with Gasteiger partial charge < -0.3 is 5.32 Å². The van der Waals surface area contributed by atoms with Crippen molar-refractivity contribution in [3.8, 4) is 0 Å². The number of pyridine rings is 1. The van der Waals surface area contributed by atoms with Crippen molar-refractivity contribution < 1.29 is 31.2 Å². The normalized spacial score (nSPS) is 11.7. The van der Waals surface area contributed by atoms with Crippen molar-refractivity contribution in [2.45, 2.75) is 11.1 Å². The van der Waals surface area contributed by atoms with E-state index in [0.717, 1.165) is 24.3 Å². The fraction of sp³-hybridized carbons (Fsp3) is 0.0714. The first kappa shape index (κ1) is 19.3. The zero-order chi connectivity index (χ0) is 19.4. The van der Waals surface area contributed by atoms with Crippen LogP contribution in [0.4, 0.5) is 18.9 Å². The SMILES string of the molecule is O=C(NNS(=O)(=O)c1ccc(NC(=O)C(F)(F)F)cc1)c1ccccn1. The summed E-state index contributed by atoms with van der Waals surface area (Å²) < 4.78 is 60.6. The van der Waals surface area contributed by atoms with Gasteiger partial charge in [0.2, 0.25) is 0 Å². The van der Waals surface area contributed by atoms with Gasteiger partial charge in [0.25, 0.3) is 15.9 Å². The lowest BCUT2D eigenvalue weighted by Crippen LogP contribution is -2.41. The highest BCUT2D eigenvalue weighted by atomic mass is 32.2. The van der Waals surface area contributed by atoms with Crippen LogP contribution in [-0.2, 0) is 14.8 Å². The van der Waals surface area contributed by atoms with Gasteiger partial charge in [-0.05, 0) is 36.4 Å². The van der Waals surface area contributed by atoms with E-state index in [1.807, 2.05) is 10.3 Å². The quantitative estimate of drug-likeness (QED) is 0.666. The van der Waals surface area contributed by atoms with E-state index in [1.165, 1.54) is 18.3 Å². The smallest absolute Gasteiger partial charge is 0.318 e. The minimum atomic E-state index is -5.07. The van der Waals surface area contributed by atoms with E-state index in [4.69, 9.17) is 0 Å². The molecule has 0 saturated carbocycles. The van der Waals surface area contributed by atoms with Crippen molar-refractivity contribution >= 4 is 27.5 Å². The molecule has 0 aliphatic heterocycles. The van der Waals surface area contributed by atoms with Gasteiger partial charge in [-0.25, -0.2) is 8.42 Å². The second kappa shape index (κ2) is 7.49. The predicted octanol–water partition coefficient (Wildman–Crippen LogP) is 1.21. The number of nitrogens with zero attached hydrogens (tertiary/aromatic N) is 1. The van der Waals surface area contributed by atoms with E-state index in [2.05, 4.69) is 4.98 Å². The molecule has 3 N–H and O–H groups in total. The molecule has 1 aromatic carbocycles. The molecule has 0 spiro atoms. The van der Waals surface area contributed by atoms with E-state index in [9.17, 15) is 31.2 Å². The molecule has 2 amide bonds. The maximum atomic E-state index is 12.2. The van der Waals surface area contributed by atoms with Crippen molar-refractivity contribution in [3.63, 3.8) is 0 Å². The summed E-state index contributed by atoms with van der Waals surface area (Å²) in [7, 11) is -4.18. The topological polar surface area (TPSA) is 117 Å². The Bertz CT molecular complexity index is 900. The van der Waals surface area contributed by atoms with Crippen molar-refractivity contribution in [2.24, 2.45) is 0 Å². The number of sulfonamides is 1. The zero-order valence-electron chi connectivity index (χ0n) is 12.7. The number of hydrogen-bond donors (Lipinski definition) is 3. The van der Waals surface area contributed by atoms with Crippen molar-refractivity contribution in [1.82, 2.24) is 15.2 Å². The Kier molecular flexibility index (Phi) is 5.57. The number of nitrogens with one attached hydrogen (secondary N) is 3. The van der Waals surface area contributed by atoms with Crippen molar-refractivity contribution in [3.05, 3.63) is 54.4 Å². The fourth-order valence-corrected chi connectivity index (χ4v) is 2.49. The van der Waals surface area contributed by atoms with Crippen LogP contribution in [0.3, 0.4) is 0 Å². The molecule has 8 nitrogen and oxygen atoms in total. The van der Waals surface area contributed by atoms with Crippen LogP contribution in [0.5, 0.6) is 0 Å². The first-order chi connectivity index (χ1) is 12.1. The first-order valence-electron chi connectivity index (χ1n) is 6.81. The van der Waals surface area contributed by atoms with Gasteiger partial charge >= 0.3 is 12.1 Å². The van der Waals surface area contributed by atoms with Gasteiger partial charge in [-0.1, -0.05) is 6.07 Å². The van der Waals surface area contributed by atoms with Crippen LogP contribution in [0.2, 0.25) is 0 Å². The van der Waals surface area contributed by atoms with Gasteiger partial charge in [-0.15, -0.1) is 4.83 Å². The lowest BCUT2D eigenvalue weighted by molar-refractivity contribution is -0.167. The number of aromatic nitrogens is 1. The number of hydrazine groups is 1. The highest BCUT2D eigenvalue weighted by Gasteiger charge is 2.38. The number of rotatable bonds is 5. The average molecular weight is 388 g/mol. The maximum absolute atomic E-state index is 12.2. The van der Waals surface area contributed by atoms with Crippen LogP contribution in [-0.4, -0.2) is 31.4 Å². The molecule has 0 atom stereocenters. The Balaban J connectivity index is 2.03. The van der Waals surface area contributed by atoms with Crippen molar-refractivity contribution in [1.29, 1.82) is 0 Å². The monoisotopic (exact) mass is 388 g/mol. The summed E-state index contributed by atoms with van der Waals surface area (Å²) in [6, 6.07) is 8.33.